The van der Waals surface area contributed by atoms with Crippen molar-refractivity contribution in [3.63, 3.8) is 0 Å². The second kappa shape index (κ2) is 13.0. The number of hydrogen-bond acceptors (Lipinski definition) is 5. The zero-order valence-electron chi connectivity index (χ0n) is 30.1. The second-order valence-electron chi connectivity index (χ2n) is 14.0. The molecule has 3 aromatic heterocycles. The number of hydrogen-bond donors (Lipinski definition) is 0. The lowest BCUT2D eigenvalue weighted by atomic mass is 9.91. The fraction of sp³-hybridized carbons (Fsp3) is 0. The topological polar surface area (TPSA) is 65.0 Å². The van der Waals surface area contributed by atoms with Crippen LogP contribution in [0.25, 0.3) is 111 Å². The highest BCUT2D eigenvalue weighted by atomic mass is 16.3. The van der Waals surface area contributed by atoms with Gasteiger partial charge in [0.15, 0.2) is 17.5 Å². The number of nitrogens with zero attached hydrogens (tertiary/aromatic N) is 3. The zero-order chi connectivity index (χ0) is 37.0. The van der Waals surface area contributed by atoms with E-state index in [-0.39, 0.29) is 0 Å². The Labute approximate surface area is 322 Å². The molecule has 0 aliphatic carbocycles. The third kappa shape index (κ3) is 5.45. The van der Waals surface area contributed by atoms with E-state index >= 15 is 0 Å². The Bertz CT molecular complexity index is 3250. The summed E-state index contributed by atoms with van der Waals surface area (Å²) in [4.78, 5) is 15.0. The third-order valence-electron chi connectivity index (χ3n) is 10.6. The summed E-state index contributed by atoms with van der Waals surface area (Å²) in [5, 5.41) is 4.31. The minimum atomic E-state index is 0.580. The van der Waals surface area contributed by atoms with Crippen molar-refractivity contribution < 1.29 is 8.83 Å². The minimum absolute atomic E-state index is 0.580. The number of benzene rings is 8. The molecule has 0 amide bonds. The van der Waals surface area contributed by atoms with Crippen molar-refractivity contribution in [2.24, 2.45) is 0 Å². The first kappa shape index (κ1) is 31.9. The average molecular weight is 718 g/mol. The maximum absolute atomic E-state index is 6.53. The molecule has 5 nitrogen and oxygen atoms in total. The number of furan rings is 2. The first-order valence-corrected chi connectivity index (χ1v) is 18.7. The lowest BCUT2D eigenvalue weighted by molar-refractivity contribution is 0.668. The van der Waals surface area contributed by atoms with Gasteiger partial charge in [-0.2, -0.15) is 0 Å². The Balaban J connectivity index is 1.02. The Kier molecular flexibility index (Phi) is 7.42. The van der Waals surface area contributed by atoms with E-state index in [1.165, 1.54) is 0 Å². The Morgan fingerprint density at radius 3 is 1.64 bits per heavy atom. The Morgan fingerprint density at radius 1 is 0.268 bits per heavy atom. The van der Waals surface area contributed by atoms with Crippen LogP contribution in [0.5, 0.6) is 0 Å². The van der Waals surface area contributed by atoms with E-state index in [2.05, 4.69) is 127 Å². The molecule has 0 bridgehead atoms. The maximum Gasteiger partial charge on any atom is 0.164 e. The number of fused-ring (bicyclic) bond motifs is 6. The Morgan fingerprint density at radius 2 is 0.821 bits per heavy atom. The Hall–Kier alpha value is -7.63. The number of para-hydroxylation sites is 1. The molecule has 0 saturated heterocycles. The summed E-state index contributed by atoms with van der Waals surface area (Å²) < 4.78 is 12.8. The van der Waals surface area contributed by atoms with Crippen LogP contribution >= 0.6 is 0 Å². The van der Waals surface area contributed by atoms with E-state index in [0.717, 1.165) is 93.9 Å². The first-order chi connectivity index (χ1) is 27.7. The molecule has 5 heteroatoms. The van der Waals surface area contributed by atoms with Crippen molar-refractivity contribution in [3.8, 4) is 67.5 Å². The van der Waals surface area contributed by atoms with Gasteiger partial charge in [-0.3, -0.25) is 0 Å². The van der Waals surface area contributed by atoms with Gasteiger partial charge in [0.25, 0.3) is 0 Å². The summed E-state index contributed by atoms with van der Waals surface area (Å²) in [6.07, 6.45) is 0. The zero-order valence-corrected chi connectivity index (χ0v) is 30.1. The maximum atomic E-state index is 6.53. The quantitative estimate of drug-likeness (QED) is 0.171. The van der Waals surface area contributed by atoms with Crippen LogP contribution in [0.15, 0.2) is 197 Å². The van der Waals surface area contributed by atoms with Gasteiger partial charge in [0.05, 0.1) is 0 Å². The van der Waals surface area contributed by atoms with Crippen molar-refractivity contribution in [3.05, 3.63) is 188 Å². The lowest BCUT2D eigenvalue weighted by Crippen LogP contribution is -2.00. The van der Waals surface area contributed by atoms with Crippen LogP contribution < -0.4 is 0 Å². The summed E-state index contributed by atoms with van der Waals surface area (Å²) in [7, 11) is 0. The lowest BCUT2D eigenvalue weighted by Gasteiger charge is -2.11. The van der Waals surface area contributed by atoms with Gasteiger partial charge < -0.3 is 8.83 Å². The standard InChI is InChI=1S/C51H31N3O2/c1-3-13-32(14-4-1)34-17-11-18-36(29-34)50-52-49(33-15-5-2-6-16-33)53-51(54-50)37-25-27-40-43-30-35(26-28-45(43)56-47(40)31-37)38-19-7-8-20-39(38)41-22-12-24-46-48(41)42-21-9-10-23-44(42)55-46/h1-31H. The predicted octanol–water partition coefficient (Wildman–Crippen LogP) is 13.7. The largest absolute Gasteiger partial charge is 0.456 e. The van der Waals surface area contributed by atoms with E-state index in [1.807, 2.05) is 60.7 Å². The summed E-state index contributed by atoms with van der Waals surface area (Å²) in [6, 6.07) is 64.6. The summed E-state index contributed by atoms with van der Waals surface area (Å²) in [5.41, 5.74) is 12.8. The van der Waals surface area contributed by atoms with Gasteiger partial charge in [-0.15, -0.1) is 0 Å². The number of rotatable bonds is 6. The van der Waals surface area contributed by atoms with E-state index in [0.29, 0.717) is 17.5 Å². The highest BCUT2D eigenvalue weighted by molar-refractivity contribution is 6.14. The van der Waals surface area contributed by atoms with E-state index in [4.69, 9.17) is 23.8 Å². The molecule has 0 fully saturated rings. The van der Waals surface area contributed by atoms with Crippen molar-refractivity contribution in [2.45, 2.75) is 0 Å². The molecule has 0 radical (unpaired) electrons. The fourth-order valence-corrected chi connectivity index (χ4v) is 7.87. The molecule has 56 heavy (non-hydrogen) atoms. The van der Waals surface area contributed by atoms with Crippen LogP contribution in [0.1, 0.15) is 0 Å². The minimum Gasteiger partial charge on any atom is -0.456 e. The third-order valence-corrected chi connectivity index (χ3v) is 10.6. The molecular weight excluding hydrogens is 687 g/mol. The molecule has 262 valence electrons. The molecule has 0 N–H and O–H groups in total. The molecule has 0 spiro atoms. The molecule has 0 aliphatic rings. The van der Waals surface area contributed by atoms with Crippen LogP contribution in [0.4, 0.5) is 0 Å². The second-order valence-corrected chi connectivity index (χ2v) is 14.0. The fourth-order valence-electron chi connectivity index (χ4n) is 7.87. The van der Waals surface area contributed by atoms with E-state index in [1.54, 1.807) is 0 Å². The molecular formula is C51H31N3O2. The molecule has 0 aliphatic heterocycles. The molecule has 11 rings (SSSR count). The SMILES string of the molecule is c1ccc(-c2cccc(-c3nc(-c4ccccc4)nc(-c4ccc5c(c4)oc4ccc(-c6ccccc6-c6cccc7oc8ccccc8c67)cc45)n3)c2)cc1. The van der Waals surface area contributed by atoms with Gasteiger partial charge in [-0.25, -0.2) is 15.0 Å². The highest BCUT2D eigenvalue weighted by Crippen LogP contribution is 2.42. The van der Waals surface area contributed by atoms with Crippen molar-refractivity contribution in [2.75, 3.05) is 0 Å². The monoisotopic (exact) mass is 717 g/mol. The van der Waals surface area contributed by atoms with Crippen molar-refractivity contribution in [1.82, 2.24) is 15.0 Å². The van der Waals surface area contributed by atoms with Crippen LogP contribution in [0.2, 0.25) is 0 Å². The molecule has 0 saturated carbocycles. The first-order valence-electron chi connectivity index (χ1n) is 18.7. The summed E-state index contributed by atoms with van der Waals surface area (Å²) >= 11 is 0. The van der Waals surface area contributed by atoms with Gasteiger partial charge in [0.1, 0.15) is 22.3 Å². The molecule has 0 atom stereocenters. The van der Waals surface area contributed by atoms with Gasteiger partial charge >= 0.3 is 0 Å². The van der Waals surface area contributed by atoms with Crippen LogP contribution in [-0.2, 0) is 0 Å². The predicted molar refractivity (Wildman–Crippen MR) is 227 cm³/mol. The van der Waals surface area contributed by atoms with Crippen molar-refractivity contribution >= 4 is 43.9 Å². The summed E-state index contributed by atoms with van der Waals surface area (Å²) in [5.74, 6) is 1.80. The molecule has 8 aromatic carbocycles. The van der Waals surface area contributed by atoms with Crippen molar-refractivity contribution in [1.29, 1.82) is 0 Å². The van der Waals surface area contributed by atoms with E-state index < -0.39 is 0 Å². The van der Waals surface area contributed by atoms with Gasteiger partial charge in [-0.1, -0.05) is 146 Å². The number of aromatic nitrogens is 3. The van der Waals surface area contributed by atoms with Crippen LogP contribution in [0.3, 0.4) is 0 Å². The van der Waals surface area contributed by atoms with Gasteiger partial charge in [-0.05, 0) is 75.8 Å². The van der Waals surface area contributed by atoms with Gasteiger partial charge in [0.2, 0.25) is 0 Å². The smallest absolute Gasteiger partial charge is 0.164 e. The van der Waals surface area contributed by atoms with E-state index in [9.17, 15) is 0 Å². The normalized spacial score (nSPS) is 11.6. The average Bonchev–Trinajstić information content (AvgIpc) is 3.85. The van der Waals surface area contributed by atoms with Crippen LogP contribution in [-0.4, -0.2) is 15.0 Å². The highest BCUT2D eigenvalue weighted by Gasteiger charge is 2.18. The van der Waals surface area contributed by atoms with Crippen LogP contribution in [0, 0.1) is 0 Å². The summed E-state index contributed by atoms with van der Waals surface area (Å²) in [6.45, 7) is 0. The molecule has 0 unspecified atom stereocenters. The van der Waals surface area contributed by atoms with Gasteiger partial charge in [0, 0.05) is 38.2 Å². The molecule has 11 aromatic rings. The molecule has 3 heterocycles.